The summed E-state index contributed by atoms with van der Waals surface area (Å²) in [6, 6.07) is 3.40. The summed E-state index contributed by atoms with van der Waals surface area (Å²) in [6.45, 7) is -6.34. The van der Waals surface area contributed by atoms with Crippen molar-refractivity contribution >= 4 is 23.5 Å². The van der Waals surface area contributed by atoms with Gasteiger partial charge < -0.3 is 15.2 Å². The third-order valence-electron chi connectivity index (χ3n) is 1.79. The minimum Gasteiger partial charge on any atom is -0.431 e. The van der Waals surface area contributed by atoms with Gasteiger partial charge in [-0.3, -0.25) is 5.43 Å². The van der Waals surface area contributed by atoms with Crippen molar-refractivity contribution in [1.82, 2.24) is 5.43 Å². The zero-order chi connectivity index (χ0) is 15.1. The number of benzene rings is 1. The van der Waals surface area contributed by atoms with E-state index in [4.69, 9.17) is 5.73 Å². The lowest BCUT2D eigenvalue weighted by molar-refractivity contribution is -0.0692. The largest absolute Gasteiger partial charge is 0.431 e. The third-order valence-corrected chi connectivity index (χ3v) is 1.88. The maximum atomic E-state index is 12.2. The van der Waals surface area contributed by atoms with Crippen LogP contribution < -0.4 is 20.6 Å². The number of ether oxygens (including phenoxy) is 2. The average Bonchev–Trinajstić information content (AvgIpc) is 2.30. The second kappa shape index (κ2) is 7.48. The predicted molar refractivity (Wildman–Crippen MR) is 67.2 cm³/mol. The molecule has 1 aromatic carbocycles. The maximum absolute atomic E-state index is 12.2. The Labute approximate surface area is 116 Å². The van der Waals surface area contributed by atoms with Crippen LogP contribution in [0.4, 0.5) is 17.6 Å². The van der Waals surface area contributed by atoms with Crippen LogP contribution in [0, 0.1) is 0 Å². The smallest absolute Gasteiger partial charge is 0.387 e. The van der Waals surface area contributed by atoms with Gasteiger partial charge in [-0.1, -0.05) is 0 Å². The Kier molecular flexibility index (Phi) is 5.97. The van der Waals surface area contributed by atoms with Crippen LogP contribution in [0.2, 0.25) is 0 Å². The van der Waals surface area contributed by atoms with E-state index in [1.54, 1.807) is 0 Å². The van der Waals surface area contributed by atoms with E-state index in [0.29, 0.717) is 0 Å². The summed E-state index contributed by atoms with van der Waals surface area (Å²) in [4.78, 5) is 0. The first-order valence-corrected chi connectivity index (χ1v) is 5.41. The van der Waals surface area contributed by atoms with E-state index in [9.17, 15) is 17.6 Å². The van der Waals surface area contributed by atoms with Crippen LogP contribution in [0.3, 0.4) is 0 Å². The number of thiocarbonyl (C=S) groups is 1. The van der Waals surface area contributed by atoms with Gasteiger partial charge in [0.1, 0.15) is 0 Å². The molecule has 0 saturated carbocycles. The van der Waals surface area contributed by atoms with E-state index < -0.39 is 24.7 Å². The number of alkyl halides is 4. The van der Waals surface area contributed by atoms with Gasteiger partial charge in [0.15, 0.2) is 16.6 Å². The van der Waals surface area contributed by atoms with Crippen LogP contribution in [0.25, 0.3) is 0 Å². The highest BCUT2D eigenvalue weighted by Crippen LogP contribution is 2.30. The van der Waals surface area contributed by atoms with Crippen molar-refractivity contribution in [2.24, 2.45) is 10.8 Å². The van der Waals surface area contributed by atoms with Crippen LogP contribution in [0.5, 0.6) is 11.5 Å². The van der Waals surface area contributed by atoms with Crippen molar-refractivity contribution in [1.29, 1.82) is 0 Å². The summed E-state index contributed by atoms with van der Waals surface area (Å²) in [5, 5.41) is 3.48. The zero-order valence-electron chi connectivity index (χ0n) is 9.73. The molecular formula is C10H9F4N3O2S. The van der Waals surface area contributed by atoms with Gasteiger partial charge in [0.05, 0.1) is 6.21 Å². The lowest BCUT2D eigenvalue weighted by atomic mass is 10.2. The van der Waals surface area contributed by atoms with Gasteiger partial charge in [-0.25, -0.2) is 0 Å². The lowest BCUT2D eigenvalue weighted by Gasteiger charge is -2.11. The van der Waals surface area contributed by atoms with Gasteiger partial charge in [0.2, 0.25) is 0 Å². The van der Waals surface area contributed by atoms with Gasteiger partial charge in [-0.2, -0.15) is 22.7 Å². The Morgan fingerprint density at radius 2 is 1.80 bits per heavy atom. The molecule has 0 aliphatic heterocycles. The molecule has 0 heterocycles. The van der Waals surface area contributed by atoms with Gasteiger partial charge in [0.25, 0.3) is 0 Å². The van der Waals surface area contributed by atoms with Crippen molar-refractivity contribution in [3.05, 3.63) is 23.8 Å². The van der Waals surface area contributed by atoms with Crippen LogP contribution in [0.1, 0.15) is 5.56 Å². The van der Waals surface area contributed by atoms with Crippen LogP contribution in [-0.4, -0.2) is 24.6 Å². The standard InChI is InChI=1S/C10H9F4N3O2S/c11-8(12)18-6-2-1-5(4-16-17-10(15)20)3-7(6)19-9(13)14/h1-4,8-9H,(H3,15,17,20). The second-order valence-electron chi connectivity index (χ2n) is 3.20. The van der Waals surface area contributed by atoms with E-state index in [0.717, 1.165) is 12.1 Å². The minimum absolute atomic E-state index is 0.0945. The molecule has 0 radical (unpaired) electrons. The molecule has 0 unspecified atom stereocenters. The maximum Gasteiger partial charge on any atom is 0.387 e. The van der Waals surface area contributed by atoms with Crippen molar-refractivity contribution in [3.8, 4) is 11.5 Å². The van der Waals surface area contributed by atoms with Crippen LogP contribution in [-0.2, 0) is 0 Å². The van der Waals surface area contributed by atoms with Crippen molar-refractivity contribution < 1.29 is 27.0 Å². The fraction of sp³-hybridized carbons (Fsp3) is 0.200. The summed E-state index contributed by atoms with van der Waals surface area (Å²) < 4.78 is 56.7. The predicted octanol–water partition coefficient (Wildman–Crippen LogP) is 2.06. The van der Waals surface area contributed by atoms with Gasteiger partial charge >= 0.3 is 13.2 Å². The molecule has 0 bridgehead atoms. The summed E-state index contributed by atoms with van der Waals surface area (Å²) in [5.74, 6) is -1.06. The molecule has 3 N–H and O–H groups in total. The monoisotopic (exact) mass is 311 g/mol. The summed E-state index contributed by atoms with van der Waals surface area (Å²) in [6.07, 6.45) is 1.18. The summed E-state index contributed by atoms with van der Waals surface area (Å²) in [5.41, 5.74) is 7.63. The molecule has 0 aliphatic carbocycles. The van der Waals surface area contributed by atoms with E-state index in [1.807, 2.05) is 0 Å². The molecular weight excluding hydrogens is 302 g/mol. The van der Waals surface area contributed by atoms with E-state index in [2.05, 4.69) is 32.2 Å². The fourth-order valence-electron chi connectivity index (χ4n) is 1.16. The first kappa shape index (κ1) is 16.0. The number of nitrogens with one attached hydrogen (secondary N) is 1. The second-order valence-corrected chi connectivity index (χ2v) is 3.64. The molecule has 0 spiro atoms. The molecule has 0 fully saturated rings. The minimum atomic E-state index is -3.18. The van der Waals surface area contributed by atoms with Crippen molar-refractivity contribution in [3.63, 3.8) is 0 Å². The number of hydrazone groups is 1. The summed E-state index contributed by atoms with van der Waals surface area (Å²) in [7, 11) is 0. The van der Waals surface area contributed by atoms with E-state index in [1.165, 1.54) is 12.3 Å². The molecule has 0 aliphatic rings. The summed E-state index contributed by atoms with van der Waals surface area (Å²) >= 11 is 4.49. The average molecular weight is 311 g/mol. The van der Waals surface area contributed by atoms with Gasteiger partial charge in [-0.15, -0.1) is 0 Å². The number of nitrogens with two attached hydrogens (primary N) is 1. The number of rotatable bonds is 6. The molecule has 110 valence electrons. The molecule has 0 aromatic heterocycles. The first-order valence-electron chi connectivity index (χ1n) is 5.00. The third kappa shape index (κ3) is 5.69. The van der Waals surface area contributed by atoms with Crippen LogP contribution in [0.15, 0.2) is 23.3 Å². The van der Waals surface area contributed by atoms with Gasteiger partial charge in [-0.05, 0) is 36.0 Å². The number of nitrogens with zero attached hydrogens (tertiary/aromatic N) is 1. The SMILES string of the molecule is NC(=S)NN=Cc1ccc(OC(F)F)c(OC(F)F)c1. The Morgan fingerprint density at radius 1 is 1.20 bits per heavy atom. The molecule has 0 atom stereocenters. The van der Waals surface area contributed by atoms with Crippen molar-refractivity contribution in [2.45, 2.75) is 13.2 Å². The molecule has 5 nitrogen and oxygen atoms in total. The Bertz CT molecular complexity index is 499. The Morgan fingerprint density at radius 3 is 2.35 bits per heavy atom. The zero-order valence-corrected chi connectivity index (χ0v) is 10.5. The van der Waals surface area contributed by atoms with E-state index in [-0.39, 0.29) is 10.7 Å². The van der Waals surface area contributed by atoms with Gasteiger partial charge in [0, 0.05) is 0 Å². The molecule has 0 saturated heterocycles. The molecule has 10 heteroatoms. The molecule has 20 heavy (non-hydrogen) atoms. The topological polar surface area (TPSA) is 68.9 Å². The molecule has 1 aromatic rings. The lowest BCUT2D eigenvalue weighted by Crippen LogP contribution is -2.23. The Balaban J connectivity index is 2.94. The highest BCUT2D eigenvalue weighted by molar-refractivity contribution is 7.80. The highest BCUT2D eigenvalue weighted by Gasteiger charge is 2.14. The normalized spacial score (nSPS) is 11.1. The highest BCUT2D eigenvalue weighted by atomic mass is 32.1. The molecule has 0 amide bonds. The number of hydrogen-bond acceptors (Lipinski definition) is 4. The number of halogens is 4. The fourth-order valence-corrected chi connectivity index (χ4v) is 1.21. The van der Waals surface area contributed by atoms with E-state index >= 15 is 0 Å². The molecule has 1 rings (SSSR count). The quantitative estimate of drug-likeness (QED) is 0.364. The van der Waals surface area contributed by atoms with Crippen molar-refractivity contribution in [2.75, 3.05) is 0 Å². The van der Waals surface area contributed by atoms with Crippen LogP contribution >= 0.6 is 12.2 Å². The first-order chi connectivity index (χ1) is 9.38. The Hall–Kier alpha value is -2.10. The number of hydrogen-bond donors (Lipinski definition) is 2.